The van der Waals surface area contributed by atoms with Crippen LogP contribution in [0, 0.1) is 13.8 Å². The van der Waals surface area contributed by atoms with Crippen molar-refractivity contribution < 1.29 is 0 Å². The van der Waals surface area contributed by atoms with E-state index in [4.69, 9.17) is 0 Å². The van der Waals surface area contributed by atoms with Gasteiger partial charge in [0, 0.05) is 25.1 Å². The van der Waals surface area contributed by atoms with E-state index in [1.165, 1.54) is 11.3 Å². The van der Waals surface area contributed by atoms with E-state index < -0.39 is 0 Å². The maximum Gasteiger partial charge on any atom is 0.211 e. The fraction of sp³-hybridized carbons (Fsp3) is 0.455. The van der Waals surface area contributed by atoms with Crippen LogP contribution in [0.5, 0.6) is 0 Å². The second-order valence-electron chi connectivity index (χ2n) is 4.33. The molecule has 7 heteroatoms. The van der Waals surface area contributed by atoms with Crippen molar-refractivity contribution in [2.45, 2.75) is 19.8 Å². The summed E-state index contributed by atoms with van der Waals surface area (Å²) in [6.45, 7) is 5.83. The highest BCUT2D eigenvalue weighted by atomic mass is 32.1. The van der Waals surface area contributed by atoms with Crippen LogP contribution in [0.2, 0.25) is 0 Å². The number of hydrogen-bond donors (Lipinski definition) is 2. The quantitative estimate of drug-likeness (QED) is 0.870. The van der Waals surface area contributed by atoms with Crippen LogP contribution in [0.3, 0.4) is 0 Å². The predicted molar refractivity (Wildman–Crippen MR) is 70.3 cm³/mol. The molecular formula is C11H14N6S. The summed E-state index contributed by atoms with van der Waals surface area (Å²) in [5.41, 5.74) is 1.09. The van der Waals surface area contributed by atoms with Crippen molar-refractivity contribution in [2.75, 3.05) is 18.4 Å². The standard InChI is InChI=1S/C11H14N6S/c1-6-13-9(8-4-12-5-8)3-10(14-6)15-11-17-16-7(2)18-11/h3,8,12H,4-5H2,1-2H3,(H,13,14,15,17). The molecule has 0 atom stereocenters. The number of aryl methyl sites for hydroxylation is 2. The average molecular weight is 262 g/mol. The van der Waals surface area contributed by atoms with E-state index in [0.29, 0.717) is 5.92 Å². The second-order valence-corrected chi connectivity index (χ2v) is 5.51. The van der Waals surface area contributed by atoms with Gasteiger partial charge in [-0.2, -0.15) is 0 Å². The van der Waals surface area contributed by atoms with Crippen molar-refractivity contribution in [3.63, 3.8) is 0 Å². The van der Waals surface area contributed by atoms with Gasteiger partial charge in [0.25, 0.3) is 0 Å². The number of aromatic nitrogens is 4. The van der Waals surface area contributed by atoms with Crippen LogP contribution >= 0.6 is 11.3 Å². The molecule has 94 valence electrons. The Labute approximate surface area is 109 Å². The second kappa shape index (κ2) is 4.58. The Balaban J connectivity index is 1.84. The van der Waals surface area contributed by atoms with Gasteiger partial charge < -0.3 is 10.6 Å². The Morgan fingerprint density at radius 1 is 1.28 bits per heavy atom. The van der Waals surface area contributed by atoms with Gasteiger partial charge in [-0.05, 0) is 13.8 Å². The third-order valence-corrected chi connectivity index (χ3v) is 3.57. The van der Waals surface area contributed by atoms with Crippen molar-refractivity contribution >= 4 is 22.3 Å². The highest BCUT2D eigenvalue weighted by molar-refractivity contribution is 7.15. The lowest BCUT2D eigenvalue weighted by atomic mass is 9.99. The molecule has 1 saturated heterocycles. The number of nitrogens with one attached hydrogen (secondary N) is 2. The molecule has 0 spiro atoms. The topological polar surface area (TPSA) is 75.6 Å². The van der Waals surface area contributed by atoms with Crippen LogP contribution in [0.15, 0.2) is 6.07 Å². The van der Waals surface area contributed by atoms with E-state index in [-0.39, 0.29) is 0 Å². The van der Waals surface area contributed by atoms with E-state index in [1.807, 2.05) is 19.9 Å². The lowest BCUT2D eigenvalue weighted by molar-refractivity contribution is 0.438. The number of hydrogen-bond acceptors (Lipinski definition) is 7. The van der Waals surface area contributed by atoms with Crippen LogP contribution in [0.1, 0.15) is 22.4 Å². The molecule has 2 N–H and O–H groups in total. The van der Waals surface area contributed by atoms with Crippen molar-refractivity contribution in [3.05, 3.63) is 22.6 Å². The van der Waals surface area contributed by atoms with Crippen molar-refractivity contribution in [3.8, 4) is 0 Å². The SMILES string of the molecule is Cc1nc(Nc2nnc(C)s2)cc(C2CNC2)n1. The van der Waals surface area contributed by atoms with Crippen LogP contribution in [-0.2, 0) is 0 Å². The highest BCUT2D eigenvalue weighted by Gasteiger charge is 2.21. The minimum Gasteiger partial charge on any atom is -0.315 e. The molecule has 3 rings (SSSR count). The first-order valence-electron chi connectivity index (χ1n) is 5.84. The average Bonchev–Trinajstić information content (AvgIpc) is 2.60. The van der Waals surface area contributed by atoms with E-state index >= 15 is 0 Å². The Morgan fingerprint density at radius 3 is 2.72 bits per heavy atom. The number of nitrogens with zero attached hydrogens (tertiary/aromatic N) is 4. The molecule has 1 aliphatic rings. The molecular weight excluding hydrogens is 248 g/mol. The summed E-state index contributed by atoms with van der Waals surface area (Å²) in [6.07, 6.45) is 0. The van der Waals surface area contributed by atoms with E-state index in [1.54, 1.807) is 0 Å². The van der Waals surface area contributed by atoms with Gasteiger partial charge in [0.2, 0.25) is 5.13 Å². The summed E-state index contributed by atoms with van der Waals surface area (Å²) in [4.78, 5) is 8.85. The van der Waals surface area contributed by atoms with Crippen molar-refractivity contribution in [2.24, 2.45) is 0 Å². The zero-order valence-corrected chi connectivity index (χ0v) is 11.1. The molecule has 1 fully saturated rings. The summed E-state index contributed by atoms with van der Waals surface area (Å²) in [5.74, 6) is 2.08. The predicted octanol–water partition coefficient (Wildman–Crippen LogP) is 1.38. The molecule has 0 aliphatic carbocycles. The summed E-state index contributed by atoms with van der Waals surface area (Å²) >= 11 is 1.52. The zero-order chi connectivity index (χ0) is 12.5. The molecule has 0 unspecified atom stereocenters. The van der Waals surface area contributed by atoms with Gasteiger partial charge >= 0.3 is 0 Å². The van der Waals surface area contributed by atoms with Crippen LogP contribution in [0.25, 0.3) is 0 Å². The number of anilines is 2. The minimum absolute atomic E-state index is 0.503. The summed E-state index contributed by atoms with van der Waals surface area (Å²) in [6, 6.07) is 2.00. The maximum atomic E-state index is 4.48. The van der Waals surface area contributed by atoms with Gasteiger partial charge in [0.05, 0.1) is 5.69 Å². The summed E-state index contributed by atoms with van der Waals surface area (Å²) < 4.78 is 0. The molecule has 0 aromatic carbocycles. The molecule has 0 radical (unpaired) electrons. The minimum atomic E-state index is 0.503. The fourth-order valence-corrected chi connectivity index (χ4v) is 2.42. The summed E-state index contributed by atoms with van der Waals surface area (Å²) in [5, 5.41) is 16.1. The Morgan fingerprint density at radius 2 is 2.11 bits per heavy atom. The Kier molecular flexibility index (Phi) is 2.92. The maximum absolute atomic E-state index is 4.48. The van der Waals surface area contributed by atoms with Crippen LogP contribution in [0.4, 0.5) is 10.9 Å². The van der Waals surface area contributed by atoms with Gasteiger partial charge in [-0.3, -0.25) is 0 Å². The van der Waals surface area contributed by atoms with Gasteiger partial charge in [0.15, 0.2) is 0 Å². The molecule has 6 nitrogen and oxygen atoms in total. The van der Waals surface area contributed by atoms with Gasteiger partial charge in [-0.15, -0.1) is 10.2 Å². The zero-order valence-electron chi connectivity index (χ0n) is 10.3. The molecule has 3 heterocycles. The Bertz CT molecular complexity index is 562. The lowest BCUT2D eigenvalue weighted by Crippen LogP contribution is -2.40. The first-order chi connectivity index (χ1) is 8.70. The highest BCUT2D eigenvalue weighted by Crippen LogP contribution is 2.23. The monoisotopic (exact) mass is 262 g/mol. The van der Waals surface area contributed by atoms with E-state index in [9.17, 15) is 0 Å². The third kappa shape index (κ3) is 2.32. The number of rotatable bonds is 3. The fourth-order valence-electron chi connectivity index (χ4n) is 1.82. The first-order valence-corrected chi connectivity index (χ1v) is 6.66. The van der Waals surface area contributed by atoms with Crippen LogP contribution in [-0.4, -0.2) is 33.3 Å². The molecule has 0 amide bonds. The largest absolute Gasteiger partial charge is 0.315 e. The van der Waals surface area contributed by atoms with Gasteiger partial charge in [0.1, 0.15) is 16.6 Å². The molecule has 0 bridgehead atoms. The van der Waals surface area contributed by atoms with Crippen molar-refractivity contribution in [1.82, 2.24) is 25.5 Å². The molecule has 1 aliphatic heterocycles. The van der Waals surface area contributed by atoms with E-state index in [0.717, 1.165) is 40.6 Å². The Hall–Kier alpha value is -1.60. The van der Waals surface area contributed by atoms with Crippen molar-refractivity contribution in [1.29, 1.82) is 0 Å². The molecule has 2 aromatic rings. The normalized spacial score (nSPS) is 15.4. The smallest absolute Gasteiger partial charge is 0.211 e. The van der Waals surface area contributed by atoms with E-state index in [2.05, 4.69) is 30.8 Å². The molecule has 18 heavy (non-hydrogen) atoms. The molecule has 2 aromatic heterocycles. The third-order valence-electron chi connectivity index (χ3n) is 2.82. The first kappa shape index (κ1) is 11.5. The van der Waals surface area contributed by atoms with Gasteiger partial charge in [-0.25, -0.2) is 9.97 Å². The van der Waals surface area contributed by atoms with Gasteiger partial charge in [-0.1, -0.05) is 11.3 Å². The van der Waals surface area contributed by atoms with Crippen LogP contribution < -0.4 is 10.6 Å². The summed E-state index contributed by atoms with van der Waals surface area (Å²) in [7, 11) is 0. The lowest BCUT2D eigenvalue weighted by Gasteiger charge is -2.26. The molecule has 0 saturated carbocycles.